The fourth-order valence-electron chi connectivity index (χ4n) is 2.21. The molecule has 0 aliphatic heterocycles. The Morgan fingerprint density at radius 1 is 1.29 bits per heavy atom. The maximum Gasteiger partial charge on any atom is 0.339 e. The van der Waals surface area contributed by atoms with E-state index in [0.29, 0.717) is 18.8 Å². The van der Waals surface area contributed by atoms with Crippen LogP contribution in [-0.4, -0.2) is 30.1 Å². The Balaban J connectivity index is 2.06. The molecule has 0 saturated heterocycles. The van der Waals surface area contributed by atoms with Gasteiger partial charge >= 0.3 is 5.97 Å². The second-order valence-corrected chi connectivity index (χ2v) is 5.02. The molecule has 0 fully saturated rings. The lowest BCUT2D eigenvalue weighted by molar-refractivity contribution is 0.0693. The lowest BCUT2D eigenvalue weighted by atomic mass is 10.1. The van der Waals surface area contributed by atoms with Crippen molar-refractivity contribution in [3.63, 3.8) is 0 Å². The fourth-order valence-corrected chi connectivity index (χ4v) is 2.21. The van der Waals surface area contributed by atoms with Gasteiger partial charge < -0.3 is 14.3 Å². The molecule has 0 spiro atoms. The highest BCUT2D eigenvalue weighted by Crippen LogP contribution is 2.21. The monoisotopic (exact) mass is 289 g/mol. The van der Waals surface area contributed by atoms with Crippen LogP contribution in [0.2, 0.25) is 0 Å². The Morgan fingerprint density at radius 3 is 2.62 bits per heavy atom. The summed E-state index contributed by atoms with van der Waals surface area (Å²) in [7, 11) is 3.45. The Bertz CT molecular complexity index is 633. The molecule has 21 heavy (non-hydrogen) atoms. The number of carboxylic acids is 1. The number of carboxylic acid groups (broad SMARTS) is 1. The van der Waals surface area contributed by atoms with Crippen molar-refractivity contribution < 1.29 is 19.1 Å². The highest BCUT2D eigenvalue weighted by Gasteiger charge is 2.12. The summed E-state index contributed by atoms with van der Waals surface area (Å²) in [5, 5.41) is 9.06. The van der Waals surface area contributed by atoms with Gasteiger partial charge in [-0.1, -0.05) is 6.07 Å². The summed E-state index contributed by atoms with van der Waals surface area (Å²) in [6.45, 7) is 3.28. The molecular weight excluding hydrogens is 270 g/mol. The molecular formula is C16H19NO4. The van der Waals surface area contributed by atoms with Crippen LogP contribution in [-0.2, 0) is 13.1 Å². The molecule has 0 amide bonds. The Hall–Kier alpha value is -2.27. The maximum atomic E-state index is 11.1. The Kier molecular flexibility index (Phi) is 4.65. The Morgan fingerprint density at radius 2 is 2.05 bits per heavy atom. The summed E-state index contributed by atoms with van der Waals surface area (Å²) < 4.78 is 10.7. The lowest BCUT2D eigenvalue weighted by Gasteiger charge is -2.16. The molecule has 2 rings (SSSR count). The minimum atomic E-state index is -0.988. The fraction of sp³-hybridized carbons (Fsp3) is 0.312. The standard InChI is InChI=1S/C16H19NO4/c1-11-4-6-13(21-11)10-17(2)9-12-5-7-14(16(18)19)15(8-12)20-3/h4-8H,9-10H2,1-3H3,(H,18,19). The van der Waals surface area contributed by atoms with Crippen molar-refractivity contribution in [1.29, 1.82) is 0 Å². The highest BCUT2D eigenvalue weighted by atomic mass is 16.5. The van der Waals surface area contributed by atoms with Crippen LogP contribution >= 0.6 is 0 Å². The zero-order chi connectivity index (χ0) is 15.4. The van der Waals surface area contributed by atoms with Crippen molar-refractivity contribution in [1.82, 2.24) is 4.90 Å². The first kappa shape index (κ1) is 15.1. The van der Waals surface area contributed by atoms with E-state index >= 15 is 0 Å². The van der Waals surface area contributed by atoms with Gasteiger partial charge in [-0.2, -0.15) is 0 Å². The van der Waals surface area contributed by atoms with Crippen molar-refractivity contribution in [3.8, 4) is 5.75 Å². The largest absolute Gasteiger partial charge is 0.496 e. The maximum absolute atomic E-state index is 11.1. The predicted molar refractivity (Wildman–Crippen MR) is 78.6 cm³/mol. The van der Waals surface area contributed by atoms with Crippen molar-refractivity contribution in [2.75, 3.05) is 14.2 Å². The van der Waals surface area contributed by atoms with E-state index in [9.17, 15) is 4.79 Å². The molecule has 0 saturated carbocycles. The summed E-state index contributed by atoms with van der Waals surface area (Å²) in [6, 6.07) is 9.03. The van der Waals surface area contributed by atoms with E-state index in [1.807, 2.05) is 26.1 Å². The second-order valence-electron chi connectivity index (χ2n) is 5.02. The number of ether oxygens (including phenoxy) is 1. The molecule has 5 nitrogen and oxygen atoms in total. The molecule has 1 N–H and O–H groups in total. The molecule has 0 unspecified atom stereocenters. The van der Waals surface area contributed by atoms with Crippen LogP contribution in [0.5, 0.6) is 5.75 Å². The molecule has 2 aromatic rings. The van der Waals surface area contributed by atoms with Gasteiger partial charge in [0.1, 0.15) is 22.8 Å². The summed E-state index contributed by atoms with van der Waals surface area (Å²) in [5.41, 5.74) is 1.16. The van der Waals surface area contributed by atoms with Crippen LogP contribution in [0, 0.1) is 6.92 Å². The second kappa shape index (κ2) is 6.45. The quantitative estimate of drug-likeness (QED) is 0.886. The third-order valence-electron chi connectivity index (χ3n) is 3.17. The topological polar surface area (TPSA) is 62.9 Å². The van der Waals surface area contributed by atoms with E-state index in [-0.39, 0.29) is 5.56 Å². The SMILES string of the molecule is COc1cc(CN(C)Cc2ccc(C)o2)ccc1C(=O)O. The summed E-state index contributed by atoms with van der Waals surface area (Å²) >= 11 is 0. The molecule has 0 bridgehead atoms. The van der Waals surface area contributed by atoms with Crippen LogP contribution in [0.25, 0.3) is 0 Å². The van der Waals surface area contributed by atoms with Crippen LogP contribution in [0.15, 0.2) is 34.7 Å². The zero-order valence-corrected chi connectivity index (χ0v) is 12.4. The van der Waals surface area contributed by atoms with Gasteiger partial charge in [0, 0.05) is 6.54 Å². The van der Waals surface area contributed by atoms with Gasteiger partial charge in [0.05, 0.1) is 13.7 Å². The van der Waals surface area contributed by atoms with Gasteiger partial charge in [-0.15, -0.1) is 0 Å². The lowest BCUT2D eigenvalue weighted by Crippen LogP contribution is -2.17. The number of aromatic carboxylic acids is 1. The minimum Gasteiger partial charge on any atom is -0.496 e. The van der Waals surface area contributed by atoms with Gasteiger partial charge in [0.25, 0.3) is 0 Å². The molecule has 0 radical (unpaired) electrons. The first-order valence-electron chi connectivity index (χ1n) is 6.63. The van der Waals surface area contributed by atoms with E-state index in [0.717, 1.165) is 17.1 Å². The third kappa shape index (κ3) is 3.86. The summed E-state index contributed by atoms with van der Waals surface area (Å²) in [4.78, 5) is 13.1. The van der Waals surface area contributed by atoms with Gasteiger partial charge in [-0.3, -0.25) is 4.90 Å². The van der Waals surface area contributed by atoms with E-state index < -0.39 is 5.97 Å². The van der Waals surface area contributed by atoms with Crippen LogP contribution < -0.4 is 4.74 Å². The summed E-state index contributed by atoms with van der Waals surface area (Å²) in [6.07, 6.45) is 0. The Labute approximate surface area is 123 Å². The highest BCUT2D eigenvalue weighted by molar-refractivity contribution is 5.90. The first-order valence-corrected chi connectivity index (χ1v) is 6.63. The normalized spacial score (nSPS) is 10.9. The third-order valence-corrected chi connectivity index (χ3v) is 3.17. The van der Waals surface area contributed by atoms with Crippen molar-refractivity contribution in [2.45, 2.75) is 20.0 Å². The van der Waals surface area contributed by atoms with Crippen molar-refractivity contribution >= 4 is 5.97 Å². The average molecular weight is 289 g/mol. The van der Waals surface area contributed by atoms with Crippen molar-refractivity contribution in [2.24, 2.45) is 0 Å². The molecule has 1 aromatic heterocycles. The smallest absolute Gasteiger partial charge is 0.339 e. The molecule has 0 aliphatic carbocycles. The van der Waals surface area contributed by atoms with Gasteiger partial charge in [-0.25, -0.2) is 4.79 Å². The molecule has 0 atom stereocenters. The number of rotatable bonds is 6. The van der Waals surface area contributed by atoms with E-state index in [1.165, 1.54) is 7.11 Å². The summed E-state index contributed by atoms with van der Waals surface area (Å²) in [5.74, 6) is 1.19. The molecule has 1 heterocycles. The number of hydrogen-bond acceptors (Lipinski definition) is 4. The van der Waals surface area contributed by atoms with E-state index in [2.05, 4.69) is 4.90 Å². The van der Waals surface area contributed by atoms with E-state index in [1.54, 1.807) is 18.2 Å². The number of carbonyl (C=O) groups is 1. The number of nitrogens with zero attached hydrogens (tertiary/aromatic N) is 1. The van der Waals surface area contributed by atoms with Crippen LogP contribution in [0.3, 0.4) is 0 Å². The van der Waals surface area contributed by atoms with Gasteiger partial charge in [0.15, 0.2) is 0 Å². The first-order chi connectivity index (χ1) is 9.99. The average Bonchev–Trinajstić information content (AvgIpc) is 2.83. The molecule has 5 heteroatoms. The minimum absolute atomic E-state index is 0.172. The predicted octanol–water partition coefficient (Wildman–Crippen LogP) is 2.93. The number of methoxy groups -OCH3 is 1. The number of benzene rings is 1. The van der Waals surface area contributed by atoms with Gasteiger partial charge in [-0.05, 0) is 43.8 Å². The zero-order valence-electron chi connectivity index (χ0n) is 12.4. The molecule has 1 aromatic carbocycles. The molecule has 112 valence electrons. The van der Waals surface area contributed by atoms with Crippen LogP contribution in [0.4, 0.5) is 0 Å². The molecule has 0 aliphatic rings. The number of furan rings is 1. The van der Waals surface area contributed by atoms with Crippen LogP contribution in [0.1, 0.15) is 27.4 Å². The van der Waals surface area contributed by atoms with Crippen molar-refractivity contribution in [3.05, 3.63) is 53.0 Å². The number of hydrogen-bond donors (Lipinski definition) is 1. The number of aryl methyl sites for hydroxylation is 1. The van der Waals surface area contributed by atoms with Gasteiger partial charge in [0.2, 0.25) is 0 Å². The van der Waals surface area contributed by atoms with E-state index in [4.69, 9.17) is 14.3 Å².